The van der Waals surface area contributed by atoms with Crippen molar-refractivity contribution in [2.24, 2.45) is 5.41 Å². The molecule has 1 atom stereocenters. The lowest BCUT2D eigenvalue weighted by molar-refractivity contribution is 0.319. The van der Waals surface area contributed by atoms with Gasteiger partial charge in [-0.05, 0) is 37.5 Å². The molecule has 0 nitrogen and oxygen atoms in total. The fourth-order valence-corrected chi connectivity index (χ4v) is 1.99. The Balaban J connectivity index is 2.40. The normalized spacial score (nSPS) is 28.7. The zero-order chi connectivity index (χ0) is 9.03. The van der Waals surface area contributed by atoms with Gasteiger partial charge in [0.2, 0.25) is 0 Å². The summed E-state index contributed by atoms with van der Waals surface area (Å²) in [6, 6.07) is 0. The van der Waals surface area contributed by atoms with E-state index in [1.165, 1.54) is 32.1 Å². The molecule has 0 heteroatoms. The van der Waals surface area contributed by atoms with E-state index >= 15 is 0 Å². The Morgan fingerprint density at radius 1 is 1.67 bits per heavy atom. The molecule has 1 aliphatic rings. The largest absolute Gasteiger partial charge is 0.103 e. The third-order valence-corrected chi connectivity index (χ3v) is 2.94. The van der Waals surface area contributed by atoms with Gasteiger partial charge in [-0.2, -0.15) is 0 Å². The van der Waals surface area contributed by atoms with Crippen LogP contribution >= 0.6 is 0 Å². The summed E-state index contributed by atoms with van der Waals surface area (Å²) >= 11 is 0. The van der Waals surface area contributed by atoms with Gasteiger partial charge < -0.3 is 0 Å². The molecule has 0 heterocycles. The Bertz CT molecular complexity index is 188. The second-order valence-electron chi connectivity index (χ2n) is 4.23. The van der Waals surface area contributed by atoms with E-state index in [0.717, 1.165) is 0 Å². The summed E-state index contributed by atoms with van der Waals surface area (Å²) < 4.78 is 0. The number of hydrogen-bond acceptors (Lipinski definition) is 0. The fraction of sp³-hybridized carbons (Fsp3) is 0.667. The molecule has 0 bridgehead atoms. The molecule has 0 aliphatic heterocycles. The molecule has 0 N–H and O–H groups in total. The predicted molar refractivity (Wildman–Crippen MR) is 55.1 cm³/mol. The van der Waals surface area contributed by atoms with Gasteiger partial charge in [0.15, 0.2) is 0 Å². The summed E-state index contributed by atoms with van der Waals surface area (Å²) in [5, 5.41) is 0. The van der Waals surface area contributed by atoms with Gasteiger partial charge in [0, 0.05) is 0 Å². The maximum atomic E-state index is 3.77. The zero-order valence-corrected chi connectivity index (χ0v) is 8.40. The first-order valence-electron chi connectivity index (χ1n) is 4.99. The minimum absolute atomic E-state index is 0.555. The van der Waals surface area contributed by atoms with E-state index in [1.807, 2.05) is 6.08 Å². The third kappa shape index (κ3) is 2.23. The summed E-state index contributed by atoms with van der Waals surface area (Å²) in [5.41, 5.74) is 2.21. The van der Waals surface area contributed by atoms with Crippen molar-refractivity contribution in [1.29, 1.82) is 0 Å². The molecule has 0 saturated heterocycles. The van der Waals surface area contributed by atoms with Crippen molar-refractivity contribution in [3.05, 3.63) is 24.3 Å². The fourth-order valence-electron chi connectivity index (χ4n) is 1.99. The first-order chi connectivity index (χ1) is 5.70. The van der Waals surface area contributed by atoms with Crippen LogP contribution in [0.5, 0.6) is 0 Å². The molecule has 1 rings (SSSR count). The van der Waals surface area contributed by atoms with Crippen molar-refractivity contribution in [3.63, 3.8) is 0 Å². The molecular weight excluding hydrogens is 144 g/mol. The molecule has 0 aromatic rings. The molecule has 68 valence electrons. The molecule has 0 amide bonds. The summed E-state index contributed by atoms with van der Waals surface area (Å²) in [6.07, 6.45) is 10.8. The van der Waals surface area contributed by atoms with Gasteiger partial charge in [-0.3, -0.25) is 0 Å². The quantitative estimate of drug-likeness (QED) is 0.549. The van der Waals surface area contributed by atoms with E-state index in [-0.39, 0.29) is 0 Å². The summed E-state index contributed by atoms with van der Waals surface area (Å²) in [4.78, 5) is 0. The Labute approximate surface area is 76.4 Å². The van der Waals surface area contributed by atoms with E-state index in [0.29, 0.717) is 5.41 Å². The molecule has 1 unspecified atom stereocenters. The average molecular weight is 164 g/mol. The van der Waals surface area contributed by atoms with Crippen LogP contribution in [0.25, 0.3) is 0 Å². The van der Waals surface area contributed by atoms with Crippen molar-refractivity contribution in [2.75, 3.05) is 0 Å². The molecule has 0 fully saturated rings. The monoisotopic (exact) mass is 164 g/mol. The molecule has 1 aliphatic carbocycles. The Morgan fingerprint density at radius 3 is 2.92 bits per heavy atom. The molecule has 0 aromatic carbocycles. The van der Waals surface area contributed by atoms with Crippen LogP contribution in [-0.4, -0.2) is 0 Å². The topological polar surface area (TPSA) is 0 Å². The minimum atomic E-state index is 0.555. The van der Waals surface area contributed by atoms with Crippen LogP contribution in [0.1, 0.15) is 46.0 Å². The Kier molecular flexibility index (Phi) is 3.13. The van der Waals surface area contributed by atoms with E-state index in [9.17, 15) is 0 Å². The lowest BCUT2D eigenvalue weighted by Gasteiger charge is -2.23. The lowest BCUT2D eigenvalue weighted by atomic mass is 9.82. The first-order valence-corrected chi connectivity index (χ1v) is 4.99. The van der Waals surface area contributed by atoms with Crippen molar-refractivity contribution < 1.29 is 0 Å². The van der Waals surface area contributed by atoms with Crippen LogP contribution in [0, 0.1) is 5.41 Å². The first kappa shape index (κ1) is 9.57. The maximum Gasteiger partial charge on any atom is -0.0251 e. The van der Waals surface area contributed by atoms with Crippen LogP contribution < -0.4 is 0 Å². The zero-order valence-electron chi connectivity index (χ0n) is 8.40. The van der Waals surface area contributed by atoms with Gasteiger partial charge in [-0.1, -0.05) is 31.6 Å². The van der Waals surface area contributed by atoms with Crippen LogP contribution in [0.2, 0.25) is 0 Å². The highest BCUT2D eigenvalue weighted by Crippen LogP contribution is 2.41. The van der Waals surface area contributed by atoms with E-state index < -0.39 is 0 Å². The van der Waals surface area contributed by atoms with Crippen molar-refractivity contribution in [3.8, 4) is 0 Å². The smallest absolute Gasteiger partial charge is 0.0251 e. The van der Waals surface area contributed by atoms with Gasteiger partial charge in [0.25, 0.3) is 0 Å². The van der Waals surface area contributed by atoms with E-state index in [1.54, 1.807) is 5.57 Å². The van der Waals surface area contributed by atoms with Gasteiger partial charge in [-0.25, -0.2) is 0 Å². The molecule has 0 radical (unpaired) electrons. The van der Waals surface area contributed by atoms with Crippen LogP contribution in [0.15, 0.2) is 24.3 Å². The lowest BCUT2D eigenvalue weighted by Crippen LogP contribution is -2.11. The maximum absolute atomic E-state index is 3.77. The predicted octanol–water partition coefficient (Wildman–Crippen LogP) is 4.09. The summed E-state index contributed by atoms with van der Waals surface area (Å²) in [7, 11) is 0. The van der Waals surface area contributed by atoms with E-state index in [2.05, 4.69) is 26.5 Å². The number of allylic oxidation sites excluding steroid dienone is 3. The second kappa shape index (κ2) is 3.93. The van der Waals surface area contributed by atoms with Crippen molar-refractivity contribution in [1.82, 2.24) is 0 Å². The van der Waals surface area contributed by atoms with Crippen LogP contribution in [0.4, 0.5) is 0 Å². The molecule has 0 saturated carbocycles. The standard InChI is InChI=1S/C12H20/c1-4-6-8-12(3)9-7-11(5-2)10-12/h4,7H,1,5-6,8-10H2,2-3H3. The van der Waals surface area contributed by atoms with Crippen LogP contribution in [-0.2, 0) is 0 Å². The summed E-state index contributed by atoms with van der Waals surface area (Å²) in [6.45, 7) is 8.43. The number of rotatable bonds is 4. The average Bonchev–Trinajstić information content (AvgIpc) is 2.45. The highest BCUT2D eigenvalue weighted by molar-refractivity contribution is 5.13. The third-order valence-electron chi connectivity index (χ3n) is 2.94. The number of hydrogen-bond donors (Lipinski definition) is 0. The second-order valence-corrected chi connectivity index (χ2v) is 4.23. The Hall–Kier alpha value is -0.520. The van der Waals surface area contributed by atoms with E-state index in [4.69, 9.17) is 0 Å². The molecule has 12 heavy (non-hydrogen) atoms. The molecular formula is C12H20. The van der Waals surface area contributed by atoms with Gasteiger partial charge in [-0.15, -0.1) is 6.58 Å². The van der Waals surface area contributed by atoms with Gasteiger partial charge in [0.05, 0.1) is 0 Å². The Morgan fingerprint density at radius 2 is 2.42 bits per heavy atom. The minimum Gasteiger partial charge on any atom is -0.103 e. The molecule has 0 spiro atoms. The van der Waals surface area contributed by atoms with Gasteiger partial charge >= 0.3 is 0 Å². The SMILES string of the molecule is C=CCCC1(C)CC=C(CC)C1. The molecule has 0 aromatic heterocycles. The highest BCUT2D eigenvalue weighted by Gasteiger charge is 2.27. The highest BCUT2D eigenvalue weighted by atomic mass is 14.3. The van der Waals surface area contributed by atoms with Crippen molar-refractivity contribution >= 4 is 0 Å². The van der Waals surface area contributed by atoms with Crippen molar-refractivity contribution in [2.45, 2.75) is 46.0 Å². The van der Waals surface area contributed by atoms with Crippen LogP contribution in [0.3, 0.4) is 0 Å². The summed E-state index contributed by atoms with van der Waals surface area (Å²) in [5.74, 6) is 0. The van der Waals surface area contributed by atoms with Gasteiger partial charge in [0.1, 0.15) is 0 Å².